The molecule has 0 radical (unpaired) electrons. The second-order valence-corrected chi connectivity index (χ2v) is 9.89. The van der Waals surface area contributed by atoms with E-state index in [-0.39, 0.29) is 32.9 Å². The van der Waals surface area contributed by atoms with Gasteiger partial charge < -0.3 is 0 Å². The van der Waals surface area contributed by atoms with Crippen LogP contribution in [-0.2, 0) is 16.0 Å². The van der Waals surface area contributed by atoms with Gasteiger partial charge in [0.05, 0.1) is 5.75 Å². The molecule has 0 saturated heterocycles. The lowest BCUT2D eigenvalue weighted by atomic mass is 10.4. The number of amides is 1. The van der Waals surface area contributed by atoms with E-state index in [2.05, 4.69) is 15.2 Å². The smallest absolute Gasteiger partial charge is 0.290 e. The highest BCUT2D eigenvalue weighted by atomic mass is 127. The molecule has 0 bridgehead atoms. The molecule has 3 aromatic heterocycles. The maximum Gasteiger partial charge on any atom is 0.445 e. The first-order valence-corrected chi connectivity index (χ1v) is 11.1. The van der Waals surface area contributed by atoms with Crippen molar-refractivity contribution in [3.63, 3.8) is 0 Å². The SMILES string of the molecule is CCS(=O)(=O)c1c(C(=O)N(C)c2nnc(C(F)(F)F)s2)nc2cc(I)ccn12. The molecule has 1 amide bonds. The van der Waals surface area contributed by atoms with Gasteiger partial charge in [-0.3, -0.25) is 14.1 Å². The van der Waals surface area contributed by atoms with Crippen LogP contribution in [0.3, 0.4) is 0 Å². The third-order valence-electron chi connectivity index (χ3n) is 3.67. The molecule has 150 valence electrons. The summed E-state index contributed by atoms with van der Waals surface area (Å²) in [6.45, 7) is 1.42. The Kier molecular flexibility index (Phi) is 5.39. The van der Waals surface area contributed by atoms with Gasteiger partial charge in [-0.05, 0) is 34.7 Å². The summed E-state index contributed by atoms with van der Waals surface area (Å²) in [5, 5.41) is 4.54. The van der Waals surface area contributed by atoms with Gasteiger partial charge in [-0.1, -0.05) is 18.3 Å². The Labute approximate surface area is 174 Å². The molecule has 28 heavy (non-hydrogen) atoms. The van der Waals surface area contributed by atoms with Gasteiger partial charge in [-0.2, -0.15) is 13.2 Å². The van der Waals surface area contributed by atoms with Gasteiger partial charge in [0.15, 0.2) is 20.6 Å². The van der Waals surface area contributed by atoms with Gasteiger partial charge in [0.1, 0.15) is 5.65 Å². The van der Waals surface area contributed by atoms with Crippen molar-refractivity contribution in [1.82, 2.24) is 19.6 Å². The van der Waals surface area contributed by atoms with E-state index >= 15 is 0 Å². The molecule has 0 aromatic carbocycles. The van der Waals surface area contributed by atoms with Gasteiger partial charge in [0.25, 0.3) is 5.91 Å². The number of alkyl halides is 3. The van der Waals surface area contributed by atoms with Crippen molar-refractivity contribution in [2.24, 2.45) is 0 Å². The lowest BCUT2D eigenvalue weighted by Gasteiger charge is -2.12. The third kappa shape index (κ3) is 3.71. The van der Waals surface area contributed by atoms with Crippen LogP contribution in [0.1, 0.15) is 22.4 Å². The first-order valence-electron chi connectivity index (χ1n) is 7.55. The third-order valence-corrected chi connectivity index (χ3v) is 7.12. The normalized spacial score (nSPS) is 12.5. The van der Waals surface area contributed by atoms with Crippen molar-refractivity contribution in [2.45, 2.75) is 18.1 Å². The van der Waals surface area contributed by atoms with Crippen LogP contribution in [0, 0.1) is 3.57 Å². The number of hydrogen-bond donors (Lipinski definition) is 0. The molecule has 3 rings (SSSR count). The lowest BCUT2D eigenvalue weighted by Crippen LogP contribution is -2.28. The Morgan fingerprint density at radius 1 is 1.36 bits per heavy atom. The zero-order valence-corrected chi connectivity index (χ0v) is 18.0. The van der Waals surface area contributed by atoms with Crippen molar-refractivity contribution >= 4 is 60.5 Å². The van der Waals surface area contributed by atoms with Crippen LogP contribution in [0.25, 0.3) is 5.65 Å². The van der Waals surface area contributed by atoms with Crippen molar-refractivity contribution < 1.29 is 26.4 Å². The zero-order valence-electron chi connectivity index (χ0n) is 14.2. The standard InChI is InChI=1S/C14H11F3IN5O3S2/c1-3-28(25,26)11-9(19-8-6-7(18)4-5-23(8)11)10(24)22(2)13-21-20-12(27-13)14(15,16)17/h4-6H,3H2,1-2H3. The number of fused-ring (bicyclic) bond motifs is 1. The fourth-order valence-corrected chi connectivity index (χ4v) is 4.55. The minimum atomic E-state index is -4.70. The summed E-state index contributed by atoms with van der Waals surface area (Å²) in [5.74, 6) is -1.19. The minimum absolute atomic E-state index is 0.172. The highest BCUT2D eigenvalue weighted by Gasteiger charge is 2.37. The number of hydrogen-bond acceptors (Lipinski definition) is 7. The van der Waals surface area contributed by atoms with Gasteiger partial charge in [0, 0.05) is 16.8 Å². The average Bonchev–Trinajstić information content (AvgIpc) is 3.24. The van der Waals surface area contributed by atoms with Crippen LogP contribution in [0.15, 0.2) is 23.4 Å². The fourth-order valence-electron chi connectivity index (χ4n) is 2.28. The molecule has 3 aromatic rings. The quantitative estimate of drug-likeness (QED) is 0.468. The highest BCUT2D eigenvalue weighted by molar-refractivity contribution is 14.1. The predicted octanol–water partition coefficient (Wildman–Crippen LogP) is 2.88. The summed E-state index contributed by atoms with van der Waals surface area (Å²) in [6, 6.07) is 3.22. The molecule has 0 aliphatic heterocycles. The molecule has 0 atom stereocenters. The molecule has 0 saturated carbocycles. The van der Waals surface area contributed by atoms with Gasteiger partial charge >= 0.3 is 6.18 Å². The minimum Gasteiger partial charge on any atom is -0.290 e. The Hall–Kier alpha value is -1.81. The molecular formula is C14H11F3IN5O3S2. The van der Waals surface area contributed by atoms with E-state index in [1.165, 1.54) is 24.6 Å². The van der Waals surface area contributed by atoms with E-state index in [1.807, 2.05) is 22.6 Å². The Morgan fingerprint density at radius 2 is 2.04 bits per heavy atom. The number of aromatic nitrogens is 4. The zero-order chi connectivity index (χ0) is 20.9. The topological polar surface area (TPSA) is 97.5 Å². The van der Waals surface area contributed by atoms with Crippen LogP contribution in [0.4, 0.5) is 18.3 Å². The molecule has 0 aliphatic carbocycles. The molecular weight excluding hydrogens is 534 g/mol. The number of carbonyl (C=O) groups is 1. The molecule has 0 unspecified atom stereocenters. The lowest BCUT2D eigenvalue weighted by molar-refractivity contribution is -0.138. The van der Waals surface area contributed by atoms with E-state index < -0.39 is 32.6 Å². The van der Waals surface area contributed by atoms with Crippen LogP contribution >= 0.6 is 33.9 Å². The number of carbonyl (C=O) groups excluding carboxylic acids is 1. The molecule has 0 N–H and O–H groups in total. The van der Waals surface area contributed by atoms with E-state index in [1.54, 1.807) is 12.1 Å². The van der Waals surface area contributed by atoms with Crippen molar-refractivity contribution in [2.75, 3.05) is 17.7 Å². The second kappa shape index (κ2) is 7.22. The van der Waals surface area contributed by atoms with Gasteiger partial charge in [-0.25, -0.2) is 13.4 Å². The maximum absolute atomic E-state index is 12.9. The summed E-state index contributed by atoms with van der Waals surface area (Å²) in [4.78, 5) is 17.8. The van der Waals surface area contributed by atoms with Crippen LogP contribution in [0.5, 0.6) is 0 Å². The molecule has 0 fully saturated rings. The average molecular weight is 545 g/mol. The molecule has 14 heteroatoms. The van der Waals surface area contributed by atoms with Crippen molar-refractivity contribution in [3.8, 4) is 0 Å². The van der Waals surface area contributed by atoms with E-state index in [0.29, 0.717) is 0 Å². The monoisotopic (exact) mass is 545 g/mol. The summed E-state index contributed by atoms with van der Waals surface area (Å²) in [7, 11) is -2.69. The van der Waals surface area contributed by atoms with Gasteiger partial charge in [-0.15, -0.1) is 10.2 Å². The number of pyridine rings is 1. The number of rotatable bonds is 4. The number of sulfone groups is 1. The maximum atomic E-state index is 12.9. The van der Waals surface area contributed by atoms with Crippen molar-refractivity contribution in [1.29, 1.82) is 0 Å². The predicted molar refractivity (Wildman–Crippen MR) is 103 cm³/mol. The second-order valence-electron chi connectivity index (χ2n) is 5.49. The Balaban J connectivity index is 2.13. The molecule has 0 spiro atoms. The van der Waals surface area contributed by atoms with E-state index in [4.69, 9.17) is 0 Å². The first-order chi connectivity index (χ1) is 13.0. The summed E-state index contributed by atoms with van der Waals surface area (Å²) < 4.78 is 65.4. The molecule has 3 heterocycles. The number of imidazole rings is 1. The highest BCUT2D eigenvalue weighted by Crippen LogP contribution is 2.34. The summed E-state index contributed by atoms with van der Waals surface area (Å²) in [5.41, 5.74) is -0.168. The van der Waals surface area contributed by atoms with E-state index in [9.17, 15) is 26.4 Å². The molecule has 0 aliphatic rings. The molecule has 8 nitrogen and oxygen atoms in total. The first kappa shape index (κ1) is 20.9. The Morgan fingerprint density at radius 3 is 2.61 bits per heavy atom. The number of anilines is 1. The van der Waals surface area contributed by atoms with Crippen LogP contribution in [0.2, 0.25) is 0 Å². The van der Waals surface area contributed by atoms with Crippen molar-refractivity contribution in [3.05, 3.63) is 32.6 Å². The number of halogens is 4. The van der Waals surface area contributed by atoms with Crippen LogP contribution < -0.4 is 4.90 Å². The summed E-state index contributed by atoms with van der Waals surface area (Å²) >= 11 is 2.18. The number of nitrogens with zero attached hydrogens (tertiary/aromatic N) is 5. The fraction of sp³-hybridized carbons (Fsp3) is 0.286. The summed E-state index contributed by atoms with van der Waals surface area (Å²) in [6.07, 6.45) is -3.23. The van der Waals surface area contributed by atoms with E-state index in [0.717, 1.165) is 8.47 Å². The largest absolute Gasteiger partial charge is 0.445 e. The van der Waals surface area contributed by atoms with Crippen LogP contribution in [-0.4, -0.2) is 46.7 Å². The van der Waals surface area contributed by atoms with Gasteiger partial charge in [0.2, 0.25) is 10.1 Å². The Bertz CT molecular complexity index is 1170.